The van der Waals surface area contributed by atoms with E-state index in [9.17, 15) is 13.5 Å². The topological polar surface area (TPSA) is 72.2 Å². The van der Waals surface area contributed by atoms with Crippen LogP contribution in [-0.2, 0) is 10.0 Å². The van der Waals surface area contributed by atoms with E-state index in [1.165, 1.54) is 12.4 Å². The molecule has 3 rings (SSSR count). The van der Waals surface area contributed by atoms with Gasteiger partial charge in [-0.15, -0.1) is 0 Å². The van der Waals surface area contributed by atoms with Gasteiger partial charge in [-0.25, -0.2) is 17.4 Å². The van der Waals surface area contributed by atoms with Crippen LogP contribution in [-0.4, -0.2) is 22.5 Å². The maximum Gasteiger partial charge on any atom is 0.268 e. The van der Waals surface area contributed by atoms with Crippen LogP contribution in [0.2, 0.25) is 0 Å². The van der Waals surface area contributed by atoms with Crippen LogP contribution < -0.4 is 0 Å². The van der Waals surface area contributed by atoms with E-state index >= 15 is 0 Å². The average Bonchev–Trinajstić information content (AvgIpc) is 2.90. The minimum atomic E-state index is -3.77. The first-order chi connectivity index (χ1) is 9.91. The van der Waals surface area contributed by atoms with Crippen LogP contribution in [0, 0.1) is 6.92 Å². The van der Waals surface area contributed by atoms with Gasteiger partial charge in [0.1, 0.15) is 10.1 Å². The molecule has 0 fully saturated rings. The molecular formula is C14H11BrN2O3S. The number of halogens is 1. The van der Waals surface area contributed by atoms with Crippen molar-refractivity contribution in [3.8, 4) is 5.75 Å². The van der Waals surface area contributed by atoms with E-state index < -0.39 is 10.0 Å². The van der Waals surface area contributed by atoms with Crippen LogP contribution in [0.3, 0.4) is 0 Å². The van der Waals surface area contributed by atoms with Gasteiger partial charge in [0.2, 0.25) is 0 Å². The Labute approximate surface area is 130 Å². The van der Waals surface area contributed by atoms with Gasteiger partial charge in [0, 0.05) is 11.6 Å². The maximum absolute atomic E-state index is 12.7. The zero-order valence-electron chi connectivity index (χ0n) is 11.0. The molecule has 3 aromatic rings. The number of benzene rings is 1. The molecule has 0 bridgehead atoms. The molecule has 0 aliphatic rings. The third-order valence-corrected chi connectivity index (χ3v) is 5.52. The lowest BCUT2D eigenvalue weighted by atomic mass is 10.2. The smallest absolute Gasteiger partial charge is 0.268 e. The number of pyridine rings is 1. The average molecular weight is 367 g/mol. The van der Waals surface area contributed by atoms with Crippen molar-refractivity contribution in [2.24, 2.45) is 0 Å². The van der Waals surface area contributed by atoms with Gasteiger partial charge in [0.05, 0.1) is 11.1 Å². The standard InChI is InChI=1S/C14H11BrN2O3S/c1-9-2-4-10(5-3-9)21(19,20)17-7-6-11-13(17)12(18)8-16-14(11)15/h2-8,18H,1H3. The second-order valence-electron chi connectivity index (χ2n) is 4.63. The SMILES string of the molecule is Cc1ccc(S(=O)(=O)n2ccc3c(Br)ncc(O)c32)cc1. The molecule has 2 heterocycles. The molecule has 5 nitrogen and oxygen atoms in total. The third kappa shape index (κ3) is 2.22. The Morgan fingerprint density at radius 2 is 1.86 bits per heavy atom. The summed E-state index contributed by atoms with van der Waals surface area (Å²) in [6.45, 7) is 1.88. The van der Waals surface area contributed by atoms with Crippen molar-refractivity contribution in [3.05, 3.63) is 52.9 Å². The molecule has 0 atom stereocenters. The van der Waals surface area contributed by atoms with Crippen molar-refractivity contribution in [1.29, 1.82) is 0 Å². The van der Waals surface area contributed by atoms with Gasteiger partial charge in [0.25, 0.3) is 10.0 Å². The Morgan fingerprint density at radius 3 is 2.52 bits per heavy atom. The first kappa shape index (κ1) is 14.1. The van der Waals surface area contributed by atoms with Crippen LogP contribution >= 0.6 is 15.9 Å². The molecular weight excluding hydrogens is 356 g/mol. The summed E-state index contributed by atoms with van der Waals surface area (Å²) in [5.41, 5.74) is 1.18. The minimum absolute atomic E-state index is 0.165. The first-order valence-electron chi connectivity index (χ1n) is 6.08. The second kappa shape index (κ2) is 4.85. The molecule has 0 unspecified atom stereocenters. The number of aromatic nitrogens is 2. The number of aryl methyl sites for hydroxylation is 1. The van der Waals surface area contributed by atoms with Crippen LogP contribution in [0.4, 0.5) is 0 Å². The molecule has 0 radical (unpaired) electrons. The number of nitrogens with zero attached hydrogens (tertiary/aromatic N) is 2. The Morgan fingerprint density at radius 1 is 1.19 bits per heavy atom. The lowest BCUT2D eigenvalue weighted by molar-refractivity contribution is 0.477. The molecule has 2 aromatic heterocycles. The number of fused-ring (bicyclic) bond motifs is 1. The number of hydrogen-bond acceptors (Lipinski definition) is 4. The summed E-state index contributed by atoms with van der Waals surface area (Å²) in [6, 6.07) is 8.15. The van der Waals surface area contributed by atoms with Crippen LogP contribution in [0.25, 0.3) is 10.9 Å². The molecule has 0 saturated carbocycles. The number of rotatable bonds is 2. The summed E-state index contributed by atoms with van der Waals surface area (Å²) in [7, 11) is -3.77. The predicted molar refractivity (Wildman–Crippen MR) is 82.9 cm³/mol. The van der Waals surface area contributed by atoms with Crippen molar-refractivity contribution >= 4 is 36.9 Å². The number of aromatic hydroxyl groups is 1. The molecule has 7 heteroatoms. The van der Waals surface area contributed by atoms with Gasteiger partial charge in [-0.05, 0) is 41.1 Å². The predicted octanol–water partition coefficient (Wildman–Crippen LogP) is 3.05. The van der Waals surface area contributed by atoms with Gasteiger partial charge in [-0.2, -0.15) is 0 Å². The van der Waals surface area contributed by atoms with E-state index in [2.05, 4.69) is 20.9 Å². The van der Waals surface area contributed by atoms with Crippen molar-refractivity contribution in [2.45, 2.75) is 11.8 Å². The molecule has 108 valence electrons. The van der Waals surface area contributed by atoms with Gasteiger partial charge in [-0.3, -0.25) is 0 Å². The molecule has 1 aromatic carbocycles. The van der Waals surface area contributed by atoms with Crippen molar-refractivity contribution in [3.63, 3.8) is 0 Å². The first-order valence-corrected chi connectivity index (χ1v) is 8.31. The van der Waals surface area contributed by atoms with Crippen LogP contribution in [0.1, 0.15) is 5.56 Å². The van der Waals surface area contributed by atoms with E-state index in [-0.39, 0.29) is 16.2 Å². The summed E-state index contributed by atoms with van der Waals surface area (Å²) in [5.74, 6) is -0.186. The molecule has 1 N–H and O–H groups in total. The highest BCUT2D eigenvalue weighted by Crippen LogP contribution is 2.32. The highest BCUT2D eigenvalue weighted by atomic mass is 79.9. The maximum atomic E-state index is 12.7. The molecule has 0 saturated heterocycles. The van der Waals surface area contributed by atoms with E-state index in [0.717, 1.165) is 9.54 Å². The highest BCUT2D eigenvalue weighted by Gasteiger charge is 2.21. The van der Waals surface area contributed by atoms with Gasteiger partial charge in [-0.1, -0.05) is 17.7 Å². The fourth-order valence-electron chi connectivity index (χ4n) is 2.10. The summed E-state index contributed by atoms with van der Waals surface area (Å²) >= 11 is 3.25. The Kier molecular flexibility index (Phi) is 3.26. The highest BCUT2D eigenvalue weighted by molar-refractivity contribution is 9.10. The van der Waals surface area contributed by atoms with Gasteiger partial charge in [0.15, 0.2) is 5.75 Å². The summed E-state index contributed by atoms with van der Waals surface area (Å²) in [5, 5.41) is 10.5. The molecule has 0 aliphatic heterocycles. The summed E-state index contributed by atoms with van der Waals surface area (Å²) < 4.78 is 26.9. The Balaban J connectivity index is 2.29. The molecule has 0 amide bonds. The zero-order valence-corrected chi connectivity index (χ0v) is 13.4. The van der Waals surface area contributed by atoms with E-state index in [0.29, 0.717) is 9.99 Å². The second-order valence-corrected chi connectivity index (χ2v) is 7.19. The molecule has 21 heavy (non-hydrogen) atoms. The van der Waals surface area contributed by atoms with E-state index in [4.69, 9.17) is 0 Å². The summed E-state index contributed by atoms with van der Waals surface area (Å²) in [6.07, 6.45) is 2.62. The van der Waals surface area contributed by atoms with Gasteiger partial charge >= 0.3 is 0 Å². The van der Waals surface area contributed by atoms with Crippen molar-refractivity contribution in [1.82, 2.24) is 8.96 Å². The Bertz CT molecular complexity index is 931. The Hall–Kier alpha value is -1.86. The molecule has 0 aliphatic carbocycles. The van der Waals surface area contributed by atoms with E-state index in [1.54, 1.807) is 30.3 Å². The van der Waals surface area contributed by atoms with Crippen molar-refractivity contribution in [2.75, 3.05) is 0 Å². The fraction of sp³-hybridized carbons (Fsp3) is 0.0714. The normalized spacial score (nSPS) is 11.9. The van der Waals surface area contributed by atoms with E-state index in [1.807, 2.05) is 6.92 Å². The zero-order chi connectivity index (χ0) is 15.2. The van der Waals surface area contributed by atoms with Gasteiger partial charge < -0.3 is 5.11 Å². The number of hydrogen-bond donors (Lipinski definition) is 1. The third-order valence-electron chi connectivity index (χ3n) is 3.19. The minimum Gasteiger partial charge on any atom is -0.504 e. The lowest BCUT2D eigenvalue weighted by Gasteiger charge is -2.09. The van der Waals surface area contributed by atoms with Crippen LogP contribution in [0.15, 0.2) is 52.2 Å². The monoisotopic (exact) mass is 366 g/mol. The fourth-order valence-corrected chi connectivity index (χ4v) is 3.89. The van der Waals surface area contributed by atoms with Crippen LogP contribution in [0.5, 0.6) is 5.75 Å². The largest absolute Gasteiger partial charge is 0.504 e. The molecule has 0 spiro atoms. The lowest BCUT2D eigenvalue weighted by Crippen LogP contribution is -2.11. The summed E-state index contributed by atoms with van der Waals surface area (Å²) in [4.78, 5) is 4.11. The quantitative estimate of drug-likeness (QED) is 0.707. The van der Waals surface area contributed by atoms with Crippen molar-refractivity contribution < 1.29 is 13.5 Å².